The van der Waals surface area contributed by atoms with Crippen molar-refractivity contribution >= 4 is 0 Å². The van der Waals surface area contributed by atoms with Crippen LogP contribution in [0.5, 0.6) is 0 Å². The molecule has 76 valence electrons. The summed E-state index contributed by atoms with van der Waals surface area (Å²) >= 11 is 0. The van der Waals surface area contributed by atoms with E-state index in [0.29, 0.717) is 0 Å². The highest BCUT2D eigenvalue weighted by Gasteiger charge is 2.46. The van der Waals surface area contributed by atoms with Crippen LogP contribution in [0.3, 0.4) is 0 Å². The summed E-state index contributed by atoms with van der Waals surface area (Å²) in [5.41, 5.74) is 6.90. The van der Waals surface area contributed by atoms with Gasteiger partial charge in [0.05, 0.1) is 6.33 Å². The molecule has 3 nitrogen and oxygen atoms in total. The van der Waals surface area contributed by atoms with Crippen molar-refractivity contribution in [2.45, 2.75) is 31.7 Å². The number of aromatic nitrogens is 2. The Morgan fingerprint density at radius 2 is 2.14 bits per heavy atom. The number of hydrogen-bond acceptors (Lipinski definition) is 2. The molecule has 0 spiro atoms. The highest BCUT2D eigenvalue weighted by Crippen LogP contribution is 2.56. The van der Waals surface area contributed by atoms with Crippen molar-refractivity contribution in [1.82, 2.24) is 9.55 Å². The van der Waals surface area contributed by atoms with Crippen LogP contribution < -0.4 is 5.73 Å². The minimum atomic E-state index is 0.725. The van der Waals surface area contributed by atoms with E-state index in [1.807, 2.05) is 12.5 Å². The van der Waals surface area contributed by atoms with Crippen LogP contribution in [0.2, 0.25) is 0 Å². The van der Waals surface area contributed by atoms with Crippen molar-refractivity contribution in [1.29, 1.82) is 0 Å². The van der Waals surface area contributed by atoms with Crippen molar-refractivity contribution in [2.24, 2.45) is 17.6 Å². The summed E-state index contributed by atoms with van der Waals surface area (Å²) in [7, 11) is 0. The van der Waals surface area contributed by atoms with Gasteiger partial charge in [0.15, 0.2) is 0 Å². The average molecular weight is 191 g/mol. The Morgan fingerprint density at radius 1 is 1.36 bits per heavy atom. The van der Waals surface area contributed by atoms with E-state index in [2.05, 4.69) is 9.55 Å². The normalized spacial score (nSPS) is 34.5. The Hall–Kier alpha value is -0.830. The van der Waals surface area contributed by atoms with Crippen LogP contribution in [-0.4, -0.2) is 16.1 Å². The first kappa shape index (κ1) is 8.48. The lowest BCUT2D eigenvalue weighted by Crippen LogP contribution is -2.12. The van der Waals surface area contributed by atoms with Crippen LogP contribution in [-0.2, 0) is 6.42 Å². The van der Waals surface area contributed by atoms with E-state index in [4.69, 9.17) is 5.73 Å². The quantitative estimate of drug-likeness (QED) is 0.784. The number of fused-ring (bicyclic) bond motifs is 1. The fourth-order valence-electron chi connectivity index (χ4n) is 2.91. The van der Waals surface area contributed by atoms with E-state index in [0.717, 1.165) is 30.8 Å². The number of nitrogens with zero attached hydrogens (tertiary/aromatic N) is 2. The average Bonchev–Trinajstić information content (AvgIpc) is 2.67. The third-order valence-electron chi connectivity index (χ3n) is 3.76. The number of rotatable bonds is 3. The summed E-state index contributed by atoms with van der Waals surface area (Å²) < 4.78 is 2.36. The van der Waals surface area contributed by atoms with E-state index < -0.39 is 0 Å². The van der Waals surface area contributed by atoms with Crippen molar-refractivity contribution < 1.29 is 0 Å². The molecule has 0 amide bonds. The predicted molar refractivity (Wildman–Crippen MR) is 54.9 cm³/mol. The third-order valence-corrected chi connectivity index (χ3v) is 3.76. The van der Waals surface area contributed by atoms with Gasteiger partial charge in [0.2, 0.25) is 0 Å². The zero-order chi connectivity index (χ0) is 9.54. The van der Waals surface area contributed by atoms with Crippen LogP contribution in [0, 0.1) is 11.8 Å². The zero-order valence-electron chi connectivity index (χ0n) is 8.39. The van der Waals surface area contributed by atoms with Gasteiger partial charge in [-0.15, -0.1) is 0 Å². The summed E-state index contributed by atoms with van der Waals surface area (Å²) in [5.74, 6) is 2.07. The van der Waals surface area contributed by atoms with Gasteiger partial charge in [-0.2, -0.15) is 0 Å². The van der Waals surface area contributed by atoms with Gasteiger partial charge < -0.3 is 10.3 Å². The minimum absolute atomic E-state index is 0.725. The van der Waals surface area contributed by atoms with Crippen LogP contribution in [0.1, 0.15) is 31.0 Å². The second-order valence-electron chi connectivity index (χ2n) is 4.71. The molecule has 14 heavy (non-hydrogen) atoms. The molecule has 1 heterocycles. The molecule has 2 fully saturated rings. The molecule has 0 aliphatic heterocycles. The van der Waals surface area contributed by atoms with Crippen LogP contribution in [0.4, 0.5) is 0 Å². The molecular weight excluding hydrogens is 174 g/mol. The van der Waals surface area contributed by atoms with Gasteiger partial charge in [-0.05, 0) is 37.6 Å². The van der Waals surface area contributed by atoms with Crippen molar-refractivity contribution in [3.63, 3.8) is 0 Å². The summed E-state index contributed by atoms with van der Waals surface area (Å²) in [6.45, 7) is 0.727. The van der Waals surface area contributed by atoms with Gasteiger partial charge >= 0.3 is 0 Å². The summed E-state index contributed by atoms with van der Waals surface area (Å²) in [6, 6.07) is 0.725. The monoisotopic (exact) mass is 191 g/mol. The number of nitrogens with two attached hydrogens (primary N) is 1. The maximum atomic E-state index is 5.58. The molecule has 0 aromatic carbocycles. The Bertz CT molecular complexity index is 321. The first-order valence-electron chi connectivity index (χ1n) is 5.59. The topological polar surface area (TPSA) is 43.8 Å². The molecular formula is C11H17N3. The van der Waals surface area contributed by atoms with Crippen molar-refractivity contribution in [2.75, 3.05) is 6.54 Å². The van der Waals surface area contributed by atoms with Gasteiger partial charge in [-0.25, -0.2) is 4.98 Å². The third kappa shape index (κ3) is 1.27. The van der Waals surface area contributed by atoms with Gasteiger partial charge in [-0.3, -0.25) is 0 Å². The summed E-state index contributed by atoms with van der Waals surface area (Å²) in [6.07, 6.45) is 9.15. The van der Waals surface area contributed by atoms with E-state index in [9.17, 15) is 0 Å². The molecule has 0 saturated heterocycles. The highest BCUT2D eigenvalue weighted by atomic mass is 15.1. The van der Waals surface area contributed by atoms with E-state index in [1.165, 1.54) is 25.0 Å². The molecule has 1 aromatic heterocycles. The molecule has 0 bridgehead atoms. The Kier molecular flexibility index (Phi) is 1.87. The van der Waals surface area contributed by atoms with Gasteiger partial charge in [0, 0.05) is 24.4 Å². The fraction of sp³-hybridized carbons (Fsp3) is 0.727. The van der Waals surface area contributed by atoms with E-state index in [-0.39, 0.29) is 0 Å². The maximum Gasteiger partial charge on any atom is 0.0950 e. The van der Waals surface area contributed by atoms with Crippen LogP contribution >= 0.6 is 0 Å². The second-order valence-corrected chi connectivity index (χ2v) is 4.71. The summed E-state index contributed by atoms with van der Waals surface area (Å²) in [5, 5.41) is 0. The van der Waals surface area contributed by atoms with E-state index >= 15 is 0 Å². The number of hydrogen-bond donors (Lipinski definition) is 1. The first-order valence-corrected chi connectivity index (χ1v) is 5.59. The largest absolute Gasteiger partial charge is 0.331 e. The minimum Gasteiger partial charge on any atom is -0.331 e. The molecule has 2 aliphatic rings. The second kappa shape index (κ2) is 3.09. The van der Waals surface area contributed by atoms with Gasteiger partial charge in [0.25, 0.3) is 0 Å². The predicted octanol–water partition coefficient (Wildman–Crippen LogP) is 1.36. The zero-order valence-corrected chi connectivity index (χ0v) is 8.39. The summed E-state index contributed by atoms with van der Waals surface area (Å²) in [4.78, 5) is 4.23. The Morgan fingerprint density at radius 3 is 2.86 bits per heavy atom. The molecule has 2 saturated carbocycles. The molecule has 2 N–H and O–H groups in total. The molecule has 2 atom stereocenters. The molecule has 1 aromatic rings. The molecule has 0 radical (unpaired) electrons. The molecule has 3 rings (SSSR count). The lowest BCUT2D eigenvalue weighted by Gasteiger charge is -2.16. The number of imidazole rings is 1. The van der Waals surface area contributed by atoms with Crippen LogP contribution in [0.15, 0.2) is 12.5 Å². The van der Waals surface area contributed by atoms with Gasteiger partial charge in [0.1, 0.15) is 0 Å². The van der Waals surface area contributed by atoms with Crippen LogP contribution in [0.25, 0.3) is 0 Å². The maximum absolute atomic E-state index is 5.58. The smallest absolute Gasteiger partial charge is 0.0950 e. The molecule has 3 heteroatoms. The SMILES string of the molecule is NCCc1cncn1C1CC2CC2C1. The Labute approximate surface area is 84.3 Å². The molecule has 2 aliphatic carbocycles. The lowest BCUT2D eigenvalue weighted by molar-refractivity contribution is 0.454. The van der Waals surface area contributed by atoms with Crippen molar-refractivity contribution in [3.05, 3.63) is 18.2 Å². The first-order chi connectivity index (χ1) is 6.88. The highest BCUT2D eigenvalue weighted by molar-refractivity contribution is 5.06. The van der Waals surface area contributed by atoms with Crippen molar-refractivity contribution in [3.8, 4) is 0 Å². The van der Waals surface area contributed by atoms with Gasteiger partial charge in [-0.1, -0.05) is 0 Å². The fourth-order valence-corrected chi connectivity index (χ4v) is 2.91. The molecule has 2 unspecified atom stereocenters. The Balaban J connectivity index is 1.78. The lowest BCUT2D eigenvalue weighted by atomic mass is 10.1. The van der Waals surface area contributed by atoms with E-state index in [1.54, 1.807) is 0 Å². The standard InChI is InChI=1S/C11H17N3/c12-2-1-10-6-13-7-14(10)11-4-8-3-9(8)5-11/h6-9,11H,1-5,12H2.